The Hall–Kier alpha value is -5.98. The lowest BCUT2D eigenvalue weighted by atomic mass is 9.82. The minimum atomic E-state index is 0.402. The van der Waals surface area contributed by atoms with Crippen LogP contribution in [0.5, 0.6) is 0 Å². The van der Waals surface area contributed by atoms with Crippen molar-refractivity contribution in [3.63, 3.8) is 0 Å². The summed E-state index contributed by atoms with van der Waals surface area (Å²) in [5, 5.41) is 10.3. The number of hydrogen-bond donors (Lipinski definition) is 0. The summed E-state index contributed by atoms with van der Waals surface area (Å²) < 4.78 is 0. The topological polar surface area (TPSA) is 0 Å². The molecule has 0 fully saturated rings. The quantitative estimate of drug-likeness (QED) is 0.122. The van der Waals surface area contributed by atoms with E-state index in [0.717, 1.165) is 0 Å². The van der Waals surface area contributed by atoms with E-state index >= 15 is 0 Å². The van der Waals surface area contributed by atoms with Gasteiger partial charge in [0.05, 0.1) is 0 Å². The fraction of sp³-hybridized carbons (Fsp3) is 0.115. The van der Waals surface area contributed by atoms with E-state index in [1.54, 1.807) is 0 Å². The van der Waals surface area contributed by atoms with Gasteiger partial charge in [-0.1, -0.05) is 179 Å². The Labute approximate surface area is 307 Å². The van der Waals surface area contributed by atoms with Gasteiger partial charge < -0.3 is 0 Å². The molecule has 0 saturated heterocycles. The third kappa shape index (κ3) is 5.47. The zero-order valence-corrected chi connectivity index (χ0v) is 30.3. The molecule has 0 aliphatic heterocycles. The first-order valence-electron chi connectivity index (χ1n) is 18.6. The minimum Gasteiger partial charge on any atom is -0.0622 e. The Morgan fingerprint density at radius 2 is 0.808 bits per heavy atom. The van der Waals surface area contributed by atoms with Crippen LogP contribution in [-0.4, -0.2) is 0 Å². The summed E-state index contributed by atoms with van der Waals surface area (Å²) in [6, 6.07) is 63.5. The lowest BCUT2D eigenvalue weighted by Gasteiger charge is -2.21. The van der Waals surface area contributed by atoms with Crippen LogP contribution in [0.15, 0.2) is 170 Å². The molecule has 0 radical (unpaired) electrons. The monoisotopic (exact) mass is 666 g/mol. The maximum Gasteiger partial charge on any atom is -0.00199 e. The van der Waals surface area contributed by atoms with Crippen molar-refractivity contribution in [3.05, 3.63) is 181 Å². The molecule has 0 heteroatoms. The molecule has 250 valence electrons. The van der Waals surface area contributed by atoms with E-state index < -0.39 is 0 Å². The van der Waals surface area contributed by atoms with Gasteiger partial charge in [0.15, 0.2) is 0 Å². The SMILES string of the molecule is CC(C)c1cc(-c2ccccc2)cc(-c2c3ccccc3c(-c3cc4cc(-c5ccccc5)ccc4c4ccc(C(C)C)cc34)c3ccccc23)c1. The Kier molecular flexibility index (Phi) is 7.97. The molecule has 0 spiro atoms. The predicted octanol–water partition coefficient (Wildman–Crippen LogP) is 15.2. The lowest BCUT2D eigenvalue weighted by Crippen LogP contribution is -1.95. The number of rotatable bonds is 6. The molecule has 0 aromatic heterocycles. The molecule has 0 nitrogen and oxygen atoms in total. The van der Waals surface area contributed by atoms with Crippen molar-refractivity contribution < 1.29 is 0 Å². The van der Waals surface area contributed by atoms with Crippen LogP contribution >= 0.6 is 0 Å². The molecule has 9 aromatic rings. The van der Waals surface area contributed by atoms with Gasteiger partial charge in [0, 0.05) is 0 Å². The van der Waals surface area contributed by atoms with Gasteiger partial charge in [-0.3, -0.25) is 0 Å². The molecule has 0 heterocycles. The molecule has 0 bridgehead atoms. The summed E-state index contributed by atoms with van der Waals surface area (Å²) in [5.41, 5.74) is 12.8. The Morgan fingerprint density at radius 3 is 1.40 bits per heavy atom. The molecule has 0 saturated carbocycles. The van der Waals surface area contributed by atoms with E-state index in [4.69, 9.17) is 0 Å². The number of hydrogen-bond acceptors (Lipinski definition) is 0. The van der Waals surface area contributed by atoms with E-state index in [0.29, 0.717) is 11.8 Å². The highest BCUT2D eigenvalue weighted by Gasteiger charge is 2.21. The van der Waals surface area contributed by atoms with Crippen LogP contribution in [0, 0.1) is 0 Å². The molecule has 9 rings (SSSR count). The lowest BCUT2D eigenvalue weighted by molar-refractivity contribution is 0.867. The smallest absolute Gasteiger partial charge is 0.00199 e. The van der Waals surface area contributed by atoms with Gasteiger partial charge >= 0.3 is 0 Å². The summed E-state index contributed by atoms with van der Waals surface area (Å²) in [7, 11) is 0. The first kappa shape index (κ1) is 32.0. The number of benzene rings is 9. The fourth-order valence-electron chi connectivity index (χ4n) is 8.21. The maximum absolute atomic E-state index is 2.47. The van der Waals surface area contributed by atoms with E-state index in [-0.39, 0.29) is 0 Å². The van der Waals surface area contributed by atoms with Crippen molar-refractivity contribution in [2.24, 2.45) is 0 Å². The Bertz CT molecular complexity index is 2710. The summed E-state index contributed by atoms with van der Waals surface area (Å²) in [5.74, 6) is 0.829. The molecule has 0 unspecified atom stereocenters. The van der Waals surface area contributed by atoms with E-state index in [1.807, 2.05) is 0 Å². The van der Waals surface area contributed by atoms with Crippen LogP contribution < -0.4 is 0 Å². The van der Waals surface area contributed by atoms with E-state index in [2.05, 4.69) is 198 Å². The standard InChI is InChI=1S/C52H42/c1-33(2)37-23-26-44-43-25-24-38(35-15-7-5-8-16-35)27-41(43)32-50(49(44)31-37)52-47-21-13-11-19-45(47)51(46-20-12-14-22-48(46)52)42-29-39(34(3)4)28-40(30-42)36-17-9-6-10-18-36/h5-34H,1-4H3. The highest BCUT2D eigenvalue weighted by atomic mass is 14.2. The summed E-state index contributed by atoms with van der Waals surface area (Å²) in [4.78, 5) is 0. The highest BCUT2D eigenvalue weighted by molar-refractivity contribution is 6.26. The van der Waals surface area contributed by atoms with Gasteiger partial charge in [0.1, 0.15) is 0 Å². The number of fused-ring (bicyclic) bond motifs is 5. The van der Waals surface area contributed by atoms with Crippen LogP contribution in [0.25, 0.3) is 87.6 Å². The second-order valence-corrected chi connectivity index (χ2v) is 14.9. The molecule has 0 N–H and O–H groups in total. The molecule has 52 heavy (non-hydrogen) atoms. The normalized spacial score (nSPS) is 11.8. The van der Waals surface area contributed by atoms with Gasteiger partial charge in [0.2, 0.25) is 0 Å². The van der Waals surface area contributed by atoms with Gasteiger partial charge in [-0.25, -0.2) is 0 Å². The third-order valence-electron chi connectivity index (χ3n) is 11.0. The fourth-order valence-corrected chi connectivity index (χ4v) is 8.21. The molecule has 0 amide bonds. The van der Waals surface area contributed by atoms with Crippen molar-refractivity contribution >= 4 is 43.1 Å². The second-order valence-electron chi connectivity index (χ2n) is 14.9. The largest absolute Gasteiger partial charge is 0.0622 e. The van der Waals surface area contributed by atoms with Crippen LogP contribution in [0.3, 0.4) is 0 Å². The van der Waals surface area contributed by atoms with Crippen molar-refractivity contribution in [1.29, 1.82) is 0 Å². The summed E-state index contributed by atoms with van der Waals surface area (Å²) in [6.45, 7) is 9.19. The summed E-state index contributed by atoms with van der Waals surface area (Å²) >= 11 is 0. The zero-order chi connectivity index (χ0) is 35.3. The molecule has 9 aromatic carbocycles. The second kappa shape index (κ2) is 13.0. The van der Waals surface area contributed by atoms with Gasteiger partial charge in [-0.15, -0.1) is 0 Å². The van der Waals surface area contributed by atoms with Crippen molar-refractivity contribution in [3.8, 4) is 44.5 Å². The maximum atomic E-state index is 2.47. The average molecular weight is 667 g/mol. The molecule has 0 aliphatic carbocycles. The van der Waals surface area contributed by atoms with E-state index in [9.17, 15) is 0 Å². The van der Waals surface area contributed by atoms with Crippen molar-refractivity contribution in [1.82, 2.24) is 0 Å². The third-order valence-corrected chi connectivity index (χ3v) is 11.0. The predicted molar refractivity (Wildman–Crippen MR) is 226 cm³/mol. The van der Waals surface area contributed by atoms with Crippen molar-refractivity contribution in [2.75, 3.05) is 0 Å². The molecular formula is C52H42. The zero-order valence-electron chi connectivity index (χ0n) is 30.3. The van der Waals surface area contributed by atoms with Crippen LogP contribution in [-0.2, 0) is 0 Å². The molecule has 0 aliphatic rings. The molecule has 0 atom stereocenters. The Morgan fingerprint density at radius 1 is 0.288 bits per heavy atom. The first-order valence-corrected chi connectivity index (χ1v) is 18.6. The van der Waals surface area contributed by atoms with E-state index in [1.165, 1.54) is 98.7 Å². The van der Waals surface area contributed by atoms with Crippen LogP contribution in [0.2, 0.25) is 0 Å². The van der Waals surface area contributed by atoms with Gasteiger partial charge in [0.25, 0.3) is 0 Å². The average Bonchev–Trinajstić information content (AvgIpc) is 3.19. The van der Waals surface area contributed by atoms with Crippen molar-refractivity contribution in [2.45, 2.75) is 39.5 Å². The van der Waals surface area contributed by atoms with Gasteiger partial charge in [-0.2, -0.15) is 0 Å². The Balaban J connectivity index is 1.40. The van der Waals surface area contributed by atoms with Crippen LogP contribution in [0.1, 0.15) is 50.7 Å². The van der Waals surface area contributed by atoms with Gasteiger partial charge in [-0.05, 0) is 129 Å². The van der Waals surface area contributed by atoms with Crippen LogP contribution in [0.4, 0.5) is 0 Å². The summed E-state index contributed by atoms with van der Waals surface area (Å²) in [6.07, 6.45) is 0. The minimum absolute atomic E-state index is 0.402. The molecular weight excluding hydrogens is 625 g/mol. The first-order chi connectivity index (χ1) is 25.4. The highest BCUT2D eigenvalue weighted by Crippen LogP contribution is 2.48.